The minimum absolute atomic E-state index is 0. The molecule has 0 heterocycles. The van der Waals surface area contributed by atoms with Crippen LogP contribution in [0.5, 0.6) is 5.75 Å². The zero-order chi connectivity index (χ0) is 8.43. The van der Waals surface area contributed by atoms with E-state index in [1.807, 2.05) is 0 Å². The van der Waals surface area contributed by atoms with Crippen LogP contribution in [0.25, 0.3) is 0 Å². The molecular formula is C7H5ClO2SZn+2. The van der Waals surface area contributed by atoms with Gasteiger partial charge in [0.2, 0.25) is 0 Å². The van der Waals surface area contributed by atoms with Crippen LogP contribution in [0, 0.1) is 0 Å². The van der Waals surface area contributed by atoms with Gasteiger partial charge in [-0.05, 0) is 29.8 Å². The van der Waals surface area contributed by atoms with Crippen molar-refractivity contribution >= 4 is 29.5 Å². The summed E-state index contributed by atoms with van der Waals surface area (Å²) in [6.07, 6.45) is 0. The van der Waals surface area contributed by atoms with Gasteiger partial charge in [0.15, 0.2) is 0 Å². The average molecular weight is 254 g/mol. The molecule has 0 aliphatic carbocycles. The number of hydrogen-bond acceptors (Lipinski definition) is 3. The maximum Gasteiger partial charge on any atom is 2.00 e. The molecule has 0 saturated heterocycles. The zero-order valence-corrected chi connectivity index (χ0v) is 10.7. The molecule has 0 bridgehead atoms. The second-order valence-electron chi connectivity index (χ2n) is 1.98. The molecule has 0 atom stereocenters. The second-order valence-corrected chi connectivity index (χ2v) is 2.80. The fourth-order valence-electron chi connectivity index (χ4n) is 0.646. The van der Waals surface area contributed by atoms with Crippen LogP contribution >= 0.6 is 24.2 Å². The molecule has 0 saturated carbocycles. The minimum Gasteiger partial charge on any atom is -0.507 e. The van der Waals surface area contributed by atoms with E-state index in [1.54, 1.807) is 0 Å². The van der Waals surface area contributed by atoms with Gasteiger partial charge in [0.05, 0.1) is 0 Å². The summed E-state index contributed by atoms with van der Waals surface area (Å²) in [4.78, 5) is 11.0. The summed E-state index contributed by atoms with van der Waals surface area (Å²) in [5.74, 6) is -0.0418. The van der Waals surface area contributed by atoms with Crippen LogP contribution in [0.4, 0.5) is 0 Å². The van der Waals surface area contributed by atoms with Crippen molar-refractivity contribution in [2.75, 3.05) is 0 Å². The summed E-state index contributed by atoms with van der Waals surface area (Å²) in [5, 5.41) is 8.47. The molecule has 1 aromatic rings. The number of aromatic hydroxyl groups is 1. The van der Waals surface area contributed by atoms with Crippen molar-refractivity contribution < 1.29 is 29.4 Å². The van der Waals surface area contributed by atoms with E-state index in [0.717, 1.165) is 0 Å². The summed E-state index contributed by atoms with van der Waals surface area (Å²) in [5.41, 5.74) is 0.266. The monoisotopic (exact) mass is 252 g/mol. The van der Waals surface area contributed by atoms with Gasteiger partial charge in [-0.1, -0.05) is 0 Å². The summed E-state index contributed by atoms with van der Waals surface area (Å²) in [6.45, 7) is 0. The fourth-order valence-corrected chi connectivity index (χ4v) is 0.902. The number of carbonyl (C=O) groups is 1. The van der Waals surface area contributed by atoms with Gasteiger partial charge >= 0.3 is 19.5 Å². The Morgan fingerprint density at radius 2 is 2.08 bits per heavy atom. The molecule has 0 aliphatic heterocycles. The van der Waals surface area contributed by atoms with Crippen molar-refractivity contribution in [2.24, 2.45) is 0 Å². The molecule has 58 valence electrons. The minimum atomic E-state index is -0.589. The van der Waals surface area contributed by atoms with Crippen LogP contribution in [0.3, 0.4) is 0 Å². The first-order valence-electron chi connectivity index (χ1n) is 2.83. The predicted octanol–water partition coefficient (Wildman–Crippen LogP) is 2.06. The Hall–Kier alpha value is -0.0466. The first-order chi connectivity index (χ1) is 5.11. The second kappa shape index (κ2) is 4.85. The number of hydrogen-bond donors (Lipinski definition) is 2. The molecule has 0 aromatic heterocycles. The molecule has 0 amide bonds. The van der Waals surface area contributed by atoms with Gasteiger partial charge < -0.3 is 5.11 Å². The van der Waals surface area contributed by atoms with Crippen molar-refractivity contribution in [1.82, 2.24) is 0 Å². The van der Waals surface area contributed by atoms with Crippen molar-refractivity contribution in [3.8, 4) is 5.75 Å². The van der Waals surface area contributed by atoms with E-state index in [2.05, 4.69) is 12.6 Å². The quantitative estimate of drug-likeness (QED) is 0.457. The van der Waals surface area contributed by atoms with Crippen LogP contribution in [0.15, 0.2) is 23.1 Å². The molecule has 0 fully saturated rings. The fraction of sp³-hybridized carbons (Fsp3) is 0. The molecule has 1 aromatic carbocycles. The zero-order valence-electron chi connectivity index (χ0n) is 6.12. The van der Waals surface area contributed by atoms with Gasteiger partial charge in [-0.15, -0.1) is 12.6 Å². The largest absolute Gasteiger partial charge is 2.00 e. The van der Waals surface area contributed by atoms with Crippen LogP contribution in [-0.2, 0) is 19.5 Å². The molecule has 2 nitrogen and oxygen atoms in total. The number of carbonyl (C=O) groups excluding carboxylic acids is 1. The first-order valence-corrected chi connectivity index (χ1v) is 3.65. The number of phenols is 1. The molecule has 0 unspecified atom stereocenters. The molecule has 0 aliphatic rings. The third-order valence-corrected chi connectivity index (χ3v) is 1.80. The molecule has 12 heavy (non-hydrogen) atoms. The summed E-state index contributed by atoms with van der Waals surface area (Å²) < 4.78 is 0. The number of phenolic OH excluding ortho intramolecular Hbond substituents is 1. The third kappa shape index (κ3) is 2.78. The SMILES string of the molecule is O=C(Cl)c1ccc(S)c(O)c1.[Zn+2]. The molecule has 5 heteroatoms. The van der Waals surface area contributed by atoms with Gasteiger partial charge in [-0.3, -0.25) is 4.79 Å². The molecule has 1 rings (SSSR count). The van der Waals surface area contributed by atoms with Crippen LogP contribution in [0.1, 0.15) is 10.4 Å². The maximum absolute atomic E-state index is 10.5. The number of thiol groups is 1. The average Bonchev–Trinajstić information content (AvgIpc) is 1.94. The van der Waals surface area contributed by atoms with E-state index in [4.69, 9.17) is 16.7 Å². The van der Waals surface area contributed by atoms with Gasteiger partial charge in [-0.25, -0.2) is 0 Å². The van der Waals surface area contributed by atoms with Crippen molar-refractivity contribution in [2.45, 2.75) is 4.90 Å². The van der Waals surface area contributed by atoms with Crippen molar-refractivity contribution in [3.63, 3.8) is 0 Å². The Bertz CT molecular complexity index is 303. The number of halogens is 1. The van der Waals surface area contributed by atoms with Crippen LogP contribution < -0.4 is 0 Å². The van der Waals surface area contributed by atoms with Gasteiger partial charge in [-0.2, -0.15) is 0 Å². The topological polar surface area (TPSA) is 37.3 Å². The van der Waals surface area contributed by atoms with E-state index < -0.39 is 5.24 Å². The van der Waals surface area contributed by atoms with Crippen LogP contribution in [0.2, 0.25) is 0 Å². The number of benzene rings is 1. The van der Waals surface area contributed by atoms with Gasteiger partial charge in [0.25, 0.3) is 5.24 Å². The van der Waals surface area contributed by atoms with Gasteiger partial charge in [0, 0.05) is 10.5 Å². The summed E-state index contributed by atoms with van der Waals surface area (Å²) >= 11 is 9.06. The van der Waals surface area contributed by atoms with E-state index in [-0.39, 0.29) is 30.8 Å². The Balaban J connectivity index is 0.00000121. The Morgan fingerprint density at radius 1 is 1.50 bits per heavy atom. The molecular weight excluding hydrogens is 249 g/mol. The smallest absolute Gasteiger partial charge is 0.507 e. The predicted molar refractivity (Wildman–Crippen MR) is 45.5 cm³/mol. The Labute approximate surface area is 93.1 Å². The normalized spacial score (nSPS) is 8.83. The maximum atomic E-state index is 10.5. The van der Waals surface area contributed by atoms with Crippen molar-refractivity contribution in [3.05, 3.63) is 23.8 Å². The molecule has 0 radical (unpaired) electrons. The first kappa shape index (κ1) is 12.0. The Morgan fingerprint density at radius 3 is 2.50 bits per heavy atom. The summed E-state index contributed by atoms with van der Waals surface area (Å²) in [7, 11) is 0. The van der Waals surface area contributed by atoms with E-state index >= 15 is 0 Å². The Kier molecular flexibility index (Phi) is 4.83. The van der Waals surface area contributed by atoms with E-state index in [0.29, 0.717) is 4.90 Å². The van der Waals surface area contributed by atoms with Gasteiger partial charge in [0.1, 0.15) is 5.75 Å². The molecule has 0 spiro atoms. The third-order valence-electron chi connectivity index (χ3n) is 1.20. The van der Waals surface area contributed by atoms with E-state index in [1.165, 1.54) is 18.2 Å². The van der Waals surface area contributed by atoms with Crippen LogP contribution in [-0.4, -0.2) is 10.3 Å². The molecule has 1 N–H and O–H groups in total. The number of rotatable bonds is 1. The summed E-state index contributed by atoms with van der Waals surface area (Å²) in [6, 6.07) is 4.28. The standard InChI is InChI=1S/C7H5ClO2S.Zn/c8-7(10)4-1-2-6(11)5(9)3-4;/h1-3,9,11H;/q;+2. The van der Waals surface area contributed by atoms with E-state index in [9.17, 15) is 4.79 Å². The van der Waals surface area contributed by atoms with Crippen molar-refractivity contribution in [1.29, 1.82) is 0 Å².